The van der Waals surface area contributed by atoms with Crippen LogP contribution in [0.4, 0.5) is 14.5 Å². The lowest BCUT2D eigenvalue weighted by Crippen LogP contribution is -2.17. The average Bonchev–Trinajstić information content (AvgIpc) is 3.10. The van der Waals surface area contributed by atoms with Crippen molar-refractivity contribution in [2.24, 2.45) is 0 Å². The lowest BCUT2D eigenvalue weighted by Gasteiger charge is -2.15. The first-order chi connectivity index (χ1) is 22.3. The van der Waals surface area contributed by atoms with Crippen molar-refractivity contribution < 1.29 is 27.8 Å². The average molecular weight is 636 g/mol. The Bertz CT molecular complexity index is 1930. The van der Waals surface area contributed by atoms with Crippen LogP contribution in [-0.4, -0.2) is 36.6 Å². The van der Waals surface area contributed by atoms with Gasteiger partial charge in [0.2, 0.25) is 5.91 Å². The van der Waals surface area contributed by atoms with E-state index >= 15 is 0 Å². The van der Waals surface area contributed by atoms with Crippen LogP contribution in [0.15, 0.2) is 108 Å². The molecule has 5 rings (SSSR count). The third-order valence-electron chi connectivity index (χ3n) is 7.07. The quantitative estimate of drug-likeness (QED) is 0.115. The Morgan fingerprint density at radius 2 is 1.54 bits per heavy atom. The normalized spacial score (nSPS) is 10.7. The minimum absolute atomic E-state index is 0.130. The minimum atomic E-state index is -2.64. The van der Waals surface area contributed by atoms with E-state index in [0.717, 1.165) is 11.8 Å². The van der Waals surface area contributed by atoms with Gasteiger partial charge in [-0.15, -0.1) is 0 Å². The number of carbonyl (C=O) groups is 2. The Labute approximate surface area is 268 Å². The number of alkyl halides is 2. The van der Waals surface area contributed by atoms with Crippen LogP contribution in [0.5, 0.6) is 11.5 Å². The molecule has 0 aliphatic rings. The van der Waals surface area contributed by atoms with E-state index in [0.29, 0.717) is 50.7 Å². The van der Waals surface area contributed by atoms with Crippen LogP contribution in [0.25, 0.3) is 22.4 Å². The van der Waals surface area contributed by atoms with Gasteiger partial charge in [0.15, 0.2) is 17.3 Å². The Kier molecular flexibility index (Phi) is 10.0. The molecular formula is C36H27F2N3O4S. The van der Waals surface area contributed by atoms with Gasteiger partial charge < -0.3 is 14.8 Å². The van der Waals surface area contributed by atoms with Crippen molar-refractivity contribution in [3.05, 3.63) is 125 Å². The summed E-state index contributed by atoms with van der Waals surface area (Å²) in [6.45, 7) is 0. The van der Waals surface area contributed by atoms with Crippen molar-refractivity contribution in [1.29, 1.82) is 5.26 Å². The number of halogens is 2. The fourth-order valence-corrected chi connectivity index (χ4v) is 5.57. The number of benzene rings is 4. The van der Waals surface area contributed by atoms with E-state index < -0.39 is 12.3 Å². The second-order valence-electron chi connectivity index (χ2n) is 9.92. The highest BCUT2D eigenvalue weighted by molar-refractivity contribution is 8.00. The molecule has 1 aromatic heterocycles. The molecule has 0 aliphatic heterocycles. The van der Waals surface area contributed by atoms with Crippen LogP contribution >= 0.6 is 11.8 Å². The minimum Gasteiger partial charge on any atom is -0.493 e. The standard InChI is InChI=1S/C36H27F2N3O4S/c1-44-31-17-16-25(18-32(31)45-2)30-19-27(22-12-14-24(15-13-22)35(37)38)28(20-39)36(41-30)46-21-33(42)40-29-11-7-6-10-26(29)34(43)23-8-4-3-5-9-23/h3-19,35H,21H2,1-2H3,(H,40,42). The van der Waals surface area contributed by atoms with Gasteiger partial charge in [-0.3, -0.25) is 9.59 Å². The van der Waals surface area contributed by atoms with Gasteiger partial charge in [0.05, 0.1) is 36.9 Å². The Balaban J connectivity index is 1.48. The van der Waals surface area contributed by atoms with Crippen molar-refractivity contribution in [1.82, 2.24) is 4.98 Å². The van der Waals surface area contributed by atoms with Crippen LogP contribution in [0.1, 0.15) is 33.5 Å². The number of rotatable bonds is 11. The number of ether oxygens (including phenoxy) is 2. The van der Waals surface area contributed by atoms with E-state index in [9.17, 15) is 23.6 Å². The fourth-order valence-electron chi connectivity index (χ4n) is 4.77. The maximum atomic E-state index is 13.3. The monoisotopic (exact) mass is 635 g/mol. The number of pyridine rings is 1. The topological polar surface area (TPSA) is 101 Å². The van der Waals surface area contributed by atoms with Crippen LogP contribution in [-0.2, 0) is 4.79 Å². The maximum absolute atomic E-state index is 13.3. The molecule has 1 amide bonds. The Hall–Kier alpha value is -5.53. The summed E-state index contributed by atoms with van der Waals surface area (Å²) in [5, 5.41) is 13.3. The van der Waals surface area contributed by atoms with Crippen molar-refractivity contribution in [2.75, 3.05) is 25.3 Å². The lowest BCUT2D eigenvalue weighted by atomic mass is 9.98. The first-order valence-corrected chi connectivity index (χ1v) is 15.0. The molecule has 0 fully saturated rings. The molecule has 5 aromatic rings. The van der Waals surface area contributed by atoms with E-state index in [1.165, 1.54) is 38.5 Å². The number of hydrogen-bond donors (Lipinski definition) is 1. The number of nitrogens with one attached hydrogen (secondary N) is 1. The van der Waals surface area contributed by atoms with Crippen molar-refractivity contribution in [3.63, 3.8) is 0 Å². The SMILES string of the molecule is COc1ccc(-c2cc(-c3ccc(C(F)F)cc3)c(C#N)c(SCC(=O)Nc3ccccc3C(=O)c3ccccc3)n2)cc1OC. The molecule has 46 heavy (non-hydrogen) atoms. The van der Waals surface area contributed by atoms with E-state index in [4.69, 9.17) is 14.5 Å². The van der Waals surface area contributed by atoms with Crippen molar-refractivity contribution in [3.8, 4) is 40.0 Å². The van der Waals surface area contributed by atoms with Gasteiger partial charge in [-0.05, 0) is 42.0 Å². The van der Waals surface area contributed by atoms with E-state index in [-0.39, 0.29) is 27.7 Å². The van der Waals surface area contributed by atoms with Gasteiger partial charge in [-0.25, -0.2) is 13.8 Å². The smallest absolute Gasteiger partial charge is 0.263 e. The first kappa shape index (κ1) is 31.9. The number of para-hydroxylation sites is 1. The number of methoxy groups -OCH3 is 2. The molecule has 0 radical (unpaired) electrons. The maximum Gasteiger partial charge on any atom is 0.263 e. The second-order valence-corrected chi connectivity index (χ2v) is 10.9. The number of hydrogen-bond acceptors (Lipinski definition) is 7. The molecule has 0 aliphatic carbocycles. The molecular weight excluding hydrogens is 608 g/mol. The summed E-state index contributed by atoms with van der Waals surface area (Å²) < 4.78 is 37.4. The number of carbonyl (C=O) groups excluding carboxylic acids is 2. The summed E-state index contributed by atoms with van der Waals surface area (Å²) in [5.74, 6) is 0.201. The van der Waals surface area contributed by atoms with Crippen LogP contribution in [0.3, 0.4) is 0 Å². The van der Waals surface area contributed by atoms with Gasteiger partial charge in [0.1, 0.15) is 11.1 Å². The highest BCUT2D eigenvalue weighted by Gasteiger charge is 2.20. The molecule has 7 nitrogen and oxygen atoms in total. The van der Waals surface area contributed by atoms with E-state index in [1.807, 2.05) is 6.07 Å². The van der Waals surface area contributed by atoms with Crippen molar-refractivity contribution >= 4 is 29.1 Å². The summed E-state index contributed by atoms with van der Waals surface area (Å²) in [4.78, 5) is 31.1. The molecule has 0 atom stereocenters. The van der Waals surface area contributed by atoms with Crippen LogP contribution in [0.2, 0.25) is 0 Å². The molecule has 0 unspecified atom stereocenters. The summed E-state index contributed by atoms with van der Waals surface area (Å²) in [6, 6.07) is 30.3. The number of nitrogens with zero attached hydrogens (tertiary/aromatic N) is 2. The third-order valence-corrected chi connectivity index (χ3v) is 8.05. The van der Waals surface area contributed by atoms with Crippen LogP contribution < -0.4 is 14.8 Å². The highest BCUT2D eigenvalue weighted by Crippen LogP contribution is 2.37. The second kappa shape index (κ2) is 14.5. The summed E-state index contributed by atoms with van der Waals surface area (Å²) >= 11 is 1.05. The van der Waals surface area contributed by atoms with Crippen molar-refractivity contribution in [2.45, 2.75) is 11.5 Å². The fraction of sp³-hybridized carbons (Fsp3) is 0.111. The van der Waals surface area contributed by atoms with Gasteiger partial charge in [-0.2, -0.15) is 5.26 Å². The first-order valence-electron chi connectivity index (χ1n) is 14.0. The van der Waals surface area contributed by atoms with Gasteiger partial charge >= 0.3 is 0 Å². The van der Waals surface area contributed by atoms with Gasteiger partial charge in [0, 0.05) is 27.8 Å². The predicted octanol–water partition coefficient (Wildman–Crippen LogP) is 8.20. The molecule has 0 saturated carbocycles. The Morgan fingerprint density at radius 1 is 0.870 bits per heavy atom. The number of nitriles is 1. The molecule has 0 spiro atoms. The summed E-state index contributed by atoms with van der Waals surface area (Å²) in [6.07, 6.45) is -2.64. The summed E-state index contributed by atoms with van der Waals surface area (Å²) in [5.41, 5.74) is 3.33. The number of ketones is 1. The zero-order valence-corrected chi connectivity index (χ0v) is 25.6. The molecule has 1 heterocycles. The number of thioether (sulfide) groups is 1. The summed E-state index contributed by atoms with van der Waals surface area (Å²) in [7, 11) is 3.03. The molecule has 230 valence electrons. The lowest BCUT2D eigenvalue weighted by molar-refractivity contribution is -0.113. The zero-order valence-electron chi connectivity index (χ0n) is 24.8. The predicted molar refractivity (Wildman–Crippen MR) is 174 cm³/mol. The van der Waals surface area contributed by atoms with E-state index in [1.54, 1.807) is 72.8 Å². The third kappa shape index (κ3) is 7.06. The molecule has 1 N–H and O–H groups in total. The Morgan fingerprint density at radius 3 is 2.22 bits per heavy atom. The number of amides is 1. The van der Waals surface area contributed by atoms with Crippen LogP contribution in [0, 0.1) is 11.3 Å². The van der Waals surface area contributed by atoms with Gasteiger partial charge in [0.25, 0.3) is 6.43 Å². The molecule has 0 bridgehead atoms. The molecule has 4 aromatic carbocycles. The largest absolute Gasteiger partial charge is 0.493 e. The molecule has 0 saturated heterocycles. The van der Waals surface area contributed by atoms with E-state index in [2.05, 4.69) is 11.4 Å². The zero-order chi connectivity index (χ0) is 32.6. The highest BCUT2D eigenvalue weighted by atomic mass is 32.2. The molecule has 10 heteroatoms. The number of aromatic nitrogens is 1. The number of anilines is 1. The van der Waals surface area contributed by atoms with Gasteiger partial charge in [-0.1, -0.05) is 78.5 Å².